The summed E-state index contributed by atoms with van der Waals surface area (Å²) in [7, 11) is -5.52. The zero-order valence-corrected chi connectivity index (χ0v) is 12.2. The third-order valence-electron chi connectivity index (χ3n) is 2.49. The van der Waals surface area contributed by atoms with Gasteiger partial charge in [-0.2, -0.15) is 18.4 Å². The molecule has 1 aromatic carbocycles. The molecule has 0 atom stereocenters. The number of nitrogens with zero attached hydrogens (tertiary/aromatic N) is 1. The molecule has 0 aliphatic rings. The average molecular weight is 335 g/mol. The van der Waals surface area contributed by atoms with Gasteiger partial charge in [-0.25, -0.2) is 8.42 Å². The topological polar surface area (TPSA) is 99.1 Å². The predicted octanol–water partition coefficient (Wildman–Crippen LogP) is 2.26. The van der Waals surface area contributed by atoms with Gasteiger partial charge in [-0.3, -0.25) is 4.79 Å². The highest BCUT2D eigenvalue weighted by Crippen LogP contribution is 2.33. The Kier molecular flexibility index (Phi) is 5.38. The van der Waals surface area contributed by atoms with Crippen molar-refractivity contribution in [3.63, 3.8) is 0 Å². The minimum absolute atomic E-state index is 0.146. The van der Waals surface area contributed by atoms with E-state index >= 15 is 0 Å². The zero-order valence-electron chi connectivity index (χ0n) is 11.4. The van der Waals surface area contributed by atoms with Gasteiger partial charge in [0, 0.05) is 6.54 Å². The number of carbonyl (C=O) groups is 1. The summed E-state index contributed by atoms with van der Waals surface area (Å²) in [4.78, 5) is 10.4. The van der Waals surface area contributed by atoms with Crippen molar-refractivity contribution < 1.29 is 26.4 Å². The van der Waals surface area contributed by atoms with E-state index in [0.717, 1.165) is 12.1 Å². The van der Waals surface area contributed by atoms with Gasteiger partial charge < -0.3 is 10.6 Å². The van der Waals surface area contributed by atoms with Crippen LogP contribution >= 0.6 is 0 Å². The fraction of sp³-hybridized carbons (Fsp3) is 0.333. The van der Waals surface area contributed by atoms with Crippen LogP contribution in [0.3, 0.4) is 0 Å². The largest absolute Gasteiger partial charge is 0.501 e. The Hall–Kier alpha value is -2.28. The maximum atomic E-state index is 12.5. The lowest BCUT2D eigenvalue weighted by molar-refractivity contribution is -0.115. The molecule has 0 fully saturated rings. The Morgan fingerprint density at radius 1 is 1.32 bits per heavy atom. The molecule has 120 valence electrons. The van der Waals surface area contributed by atoms with Crippen LogP contribution in [-0.4, -0.2) is 26.4 Å². The average Bonchev–Trinajstić information content (AvgIpc) is 2.39. The molecule has 2 N–H and O–H groups in total. The molecule has 0 aliphatic carbocycles. The van der Waals surface area contributed by atoms with Gasteiger partial charge in [-0.15, -0.1) is 0 Å². The van der Waals surface area contributed by atoms with Crippen molar-refractivity contribution in [1.82, 2.24) is 0 Å². The summed E-state index contributed by atoms with van der Waals surface area (Å²) in [5.41, 5.74) is -5.34. The minimum Gasteiger partial charge on any atom is -0.384 e. The summed E-state index contributed by atoms with van der Waals surface area (Å²) in [6.45, 7) is 2.10. The number of rotatable bonds is 5. The summed E-state index contributed by atoms with van der Waals surface area (Å²) < 4.78 is 60.4. The van der Waals surface area contributed by atoms with E-state index in [2.05, 4.69) is 10.6 Å². The van der Waals surface area contributed by atoms with E-state index in [9.17, 15) is 26.4 Å². The van der Waals surface area contributed by atoms with Crippen molar-refractivity contribution in [3.05, 3.63) is 18.2 Å². The number of alkyl halides is 3. The Balaban J connectivity index is 3.31. The number of halogens is 3. The molecular formula is C12H12F3N3O3S. The number of sulfone groups is 1. The summed E-state index contributed by atoms with van der Waals surface area (Å²) in [5, 5.41) is 13.4. The number of nitrogens with one attached hydrogen (secondary N) is 2. The molecule has 0 bridgehead atoms. The molecule has 0 spiro atoms. The van der Waals surface area contributed by atoms with Gasteiger partial charge in [-0.1, -0.05) is 0 Å². The molecule has 0 radical (unpaired) electrons. The molecule has 1 rings (SSSR count). The van der Waals surface area contributed by atoms with E-state index < -0.39 is 32.6 Å². The van der Waals surface area contributed by atoms with E-state index in [1.165, 1.54) is 0 Å². The van der Waals surface area contributed by atoms with Gasteiger partial charge in [0.15, 0.2) is 0 Å². The summed E-state index contributed by atoms with van der Waals surface area (Å²) in [5.74, 6) is -0.761. The van der Waals surface area contributed by atoms with Gasteiger partial charge in [0.05, 0.1) is 22.3 Å². The molecule has 0 heterocycles. The summed E-state index contributed by atoms with van der Waals surface area (Å²) in [6.07, 6.45) is -0.512. The van der Waals surface area contributed by atoms with Crippen LogP contribution in [0, 0.1) is 11.3 Å². The van der Waals surface area contributed by atoms with Crippen molar-refractivity contribution >= 4 is 27.1 Å². The monoisotopic (exact) mass is 335 g/mol. The highest BCUT2D eigenvalue weighted by Gasteiger charge is 2.47. The van der Waals surface area contributed by atoms with Crippen molar-refractivity contribution in [2.24, 2.45) is 0 Å². The van der Waals surface area contributed by atoms with Crippen molar-refractivity contribution in [2.75, 3.05) is 17.2 Å². The number of carbonyl (C=O) groups excluding carboxylic acids is 1. The van der Waals surface area contributed by atoms with Crippen molar-refractivity contribution in [1.29, 1.82) is 5.26 Å². The fourth-order valence-corrected chi connectivity index (χ4v) is 2.33. The second-order valence-corrected chi connectivity index (χ2v) is 6.01. The van der Waals surface area contributed by atoms with Gasteiger partial charge >= 0.3 is 5.51 Å². The molecule has 0 aliphatic heterocycles. The first kappa shape index (κ1) is 17.8. The first-order chi connectivity index (χ1) is 10.1. The van der Waals surface area contributed by atoms with Crippen LogP contribution in [0.4, 0.5) is 24.5 Å². The second kappa shape index (κ2) is 6.65. The third kappa shape index (κ3) is 3.88. The Labute approximate surface area is 124 Å². The van der Waals surface area contributed by atoms with Crippen LogP contribution in [0.1, 0.15) is 13.3 Å². The maximum absolute atomic E-state index is 12.5. The SMILES string of the molecule is CCNc1ccc(S(=O)(=O)C(F)(F)F)cc1NC(=O)CC#N. The Bertz CT molecular complexity index is 709. The smallest absolute Gasteiger partial charge is 0.384 e. The third-order valence-corrected chi connectivity index (χ3v) is 3.97. The van der Waals surface area contributed by atoms with E-state index in [0.29, 0.717) is 12.6 Å². The van der Waals surface area contributed by atoms with Crippen LogP contribution < -0.4 is 10.6 Å². The Morgan fingerprint density at radius 3 is 2.45 bits per heavy atom. The van der Waals surface area contributed by atoms with Crippen LogP contribution in [0.25, 0.3) is 0 Å². The van der Waals surface area contributed by atoms with Gasteiger partial charge in [0.2, 0.25) is 5.91 Å². The molecule has 1 amide bonds. The van der Waals surface area contributed by atoms with Gasteiger partial charge in [0.25, 0.3) is 9.84 Å². The van der Waals surface area contributed by atoms with E-state index in [1.54, 1.807) is 13.0 Å². The molecular weight excluding hydrogens is 323 g/mol. The van der Waals surface area contributed by atoms with E-state index in [4.69, 9.17) is 5.26 Å². The highest BCUT2D eigenvalue weighted by molar-refractivity contribution is 7.92. The molecule has 0 aromatic heterocycles. The number of benzene rings is 1. The van der Waals surface area contributed by atoms with Crippen LogP contribution in [0.5, 0.6) is 0 Å². The summed E-state index contributed by atoms with van der Waals surface area (Å²) in [6, 6.07) is 4.19. The normalized spacial score (nSPS) is 11.6. The lowest BCUT2D eigenvalue weighted by Gasteiger charge is -2.14. The van der Waals surface area contributed by atoms with Crippen LogP contribution in [0.2, 0.25) is 0 Å². The quantitative estimate of drug-likeness (QED) is 0.860. The molecule has 10 heteroatoms. The Morgan fingerprint density at radius 2 is 1.95 bits per heavy atom. The first-order valence-corrected chi connectivity index (χ1v) is 7.48. The van der Waals surface area contributed by atoms with Crippen molar-refractivity contribution in [2.45, 2.75) is 23.7 Å². The number of anilines is 2. The number of nitriles is 1. The first-order valence-electron chi connectivity index (χ1n) is 5.99. The molecule has 0 saturated heterocycles. The molecule has 0 saturated carbocycles. The molecule has 6 nitrogen and oxygen atoms in total. The minimum atomic E-state index is -5.52. The van der Waals surface area contributed by atoms with Gasteiger partial charge in [0.1, 0.15) is 6.42 Å². The van der Waals surface area contributed by atoms with Crippen LogP contribution in [-0.2, 0) is 14.6 Å². The molecule has 1 aromatic rings. The summed E-state index contributed by atoms with van der Waals surface area (Å²) >= 11 is 0. The predicted molar refractivity (Wildman–Crippen MR) is 72.7 cm³/mol. The van der Waals surface area contributed by atoms with E-state index in [-0.39, 0.29) is 11.4 Å². The maximum Gasteiger partial charge on any atom is 0.501 e. The van der Waals surface area contributed by atoms with Crippen LogP contribution in [0.15, 0.2) is 23.1 Å². The fourth-order valence-electron chi connectivity index (χ4n) is 1.54. The lowest BCUT2D eigenvalue weighted by Crippen LogP contribution is -2.23. The van der Waals surface area contributed by atoms with Gasteiger partial charge in [-0.05, 0) is 25.1 Å². The second-order valence-electron chi connectivity index (χ2n) is 4.07. The van der Waals surface area contributed by atoms with Crippen molar-refractivity contribution in [3.8, 4) is 6.07 Å². The number of hydrogen-bond donors (Lipinski definition) is 2. The molecule has 22 heavy (non-hydrogen) atoms. The standard InChI is InChI=1S/C12H12F3N3O3S/c1-2-17-9-4-3-8(22(20,21)12(13,14)15)7-10(9)18-11(19)5-6-16/h3-4,7,17H,2,5H2,1H3,(H,18,19). The number of amides is 1. The molecule has 0 unspecified atom stereocenters. The lowest BCUT2D eigenvalue weighted by atomic mass is 10.2. The number of hydrogen-bond acceptors (Lipinski definition) is 5. The zero-order chi connectivity index (χ0) is 17.0. The highest BCUT2D eigenvalue weighted by atomic mass is 32.2. The van der Waals surface area contributed by atoms with E-state index in [1.807, 2.05) is 0 Å².